The van der Waals surface area contributed by atoms with Crippen LogP contribution in [-0.2, 0) is 17.4 Å². The van der Waals surface area contributed by atoms with Gasteiger partial charge in [-0.1, -0.05) is 12.1 Å². The molecule has 152 valence electrons. The lowest BCUT2D eigenvalue weighted by Crippen LogP contribution is -2.16. The van der Waals surface area contributed by atoms with Gasteiger partial charge in [-0.05, 0) is 48.0 Å². The van der Waals surface area contributed by atoms with Gasteiger partial charge >= 0.3 is 6.18 Å². The Morgan fingerprint density at radius 3 is 2.53 bits per heavy atom. The average Bonchev–Trinajstić information content (AvgIpc) is 3.13. The van der Waals surface area contributed by atoms with E-state index < -0.39 is 23.5 Å². The van der Waals surface area contributed by atoms with E-state index in [4.69, 9.17) is 0 Å². The number of aromatic nitrogens is 3. The maximum Gasteiger partial charge on any atom is 0.419 e. The van der Waals surface area contributed by atoms with Crippen molar-refractivity contribution in [2.45, 2.75) is 12.6 Å². The molecule has 0 spiro atoms. The Labute approximate surface area is 168 Å². The van der Waals surface area contributed by atoms with Crippen molar-refractivity contribution in [1.82, 2.24) is 14.5 Å². The predicted molar refractivity (Wildman–Crippen MR) is 103 cm³/mol. The SMILES string of the molecule is O=C(Cc1ccc(-n2cnc3cccnc32)cc1)Nc1ccc(F)c(C(F)(F)F)c1. The fourth-order valence-corrected chi connectivity index (χ4v) is 3.02. The van der Waals surface area contributed by atoms with Crippen molar-refractivity contribution in [1.29, 1.82) is 0 Å². The van der Waals surface area contributed by atoms with Crippen molar-refractivity contribution >= 4 is 22.8 Å². The summed E-state index contributed by atoms with van der Waals surface area (Å²) in [6.45, 7) is 0. The summed E-state index contributed by atoms with van der Waals surface area (Å²) in [7, 11) is 0. The quantitative estimate of drug-likeness (QED) is 0.490. The lowest BCUT2D eigenvalue weighted by molar-refractivity contribution is -0.140. The third-order valence-corrected chi connectivity index (χ3v) is 4.44. The number of carbonyl (C=O) groups excluding carboxylic acids is 1. The number of carbonyl (C=O) groups is 1. The first kappa shape index (κ1) is 19.6. The molecule has 0 fully saturated rings. The van der Waals surface area contributed by atoms with Crippen LogP contribution in [0.5, 0.6) is 0 Å². The van der Waals surface area contributed by atoms with Crippen molar-refractivity contribution in [3.05, 3.63) is 84.1 Å². The van der Waals surface area contributed by atoms with Crippen LogP contribution in [0.2, 0.25) is 0 Å². The van der Waals surface area contributed by atoms with E-state index in [-0.39, 0.29) is 12.1 Å². The van der Waals surface area contributed by atoms with Crippen LogP contribution >= 0.6 is 0 Å². The number of hydrogen-bond donors (Lipinski definition) is 1. The van der Waals surface area contributed by atoms with Crippen LogP contribution in [0.3, 0.4) is 0 Å². The molecule has 30 heavy (non-hydrogen) atoms. The number of imidazole rings is 1. The minimum absolute atomic E-state index is 0.0536. The number of anilines is 1. The van der Waals surface area contributed by atoms with E-state index in [0.717, 1.165) is 17.3 Å². The van der Waals surface area contributed by atoms with E-state index in [0.29, 0.717) is 23.3 Å². The molecule has 1 amide bonds. The van der Waals surface area contributed by atoms with Gasteiger partial charge in [0.05, 0.1) is 12.0 Å². The number of fused-ring (bicyclic) bond motifs is 1. The maximum atomic E-state index is 13.4. The molecule has 0 bridgehead atoms. The number of hydrogen-bond acceptors (Lipinski definition) is 3. The summed E-state index contributed by atoms with van der Waals surface area (Å²) in [6.07, 6.45) is -1.58. The highest BCUT2D eigenvalue weighted by molar-refractivity contribution is 5.92. The van der Waals surface area contributed by atoms with Crippen LogP contribution in [0.4, 0.5) is 23.2 Å². The van der Waals surface area contributed by atoms with E-state index in [1.54, 1.807) is 47.4 Å². The van der Waals surface area contributed by atoms with E-state index in [9.17, 15) is 22.4 Å². The molecule has 0 unspecified atom stereocenters. The first-order valence-corrected chi connectivity index (χ1v) is 8.85. The number of amides is 1. The van der Waals surface area contributed by atoms with E-state index in [1.807, 2.05) is 6.07 Å². The van der Waals surface area contributed by atoms with Crippen LogP contribution < -0.4 is 5.32 Å². The molecule has 2 aromatic carbocycles. The van der Waals surface area contributed by atoms with Gasteiger partial charge in [-0.25, -0.2) is 14.4 Å². The molecule has 2 heterocycles. The molecule has 4 aromatic rings. The monoisotopic (exact) mass is 414 g/mol. The third-order valence-electron chi connectivity index (χ3n) is 4.44. The summed E-state index contributed by atoms with van der Waals surface area (Å²) in [6, 6.07) is 13.0. The Hall–Kier alpha value is -3.75. The van der Waals surface area contributed by atoms with Gasteiger partial charge in [0, 0.05) is 17.6 Å². The van der Waals surface area contributed by atoms with Crippen molar-refractivity contribution < 1.29 is 22.4 Å². The summed E-state index contributed by atoms with van der Waals surface area (Å²) in [5.74, 6) is -1.91. The molecular formula is C21H14F4N4O. The highest BCUT2D eigenvalue weighted by atomic mass is 19.4. The van der Waals surface area contributed by atoms with Gasteiger partial charge in [0.15, 0.2) is 5.65 Å². The Bertz CT molecular complexity index is 1220. The highest BCUT2D eigenvalue weighted by Gasteiger charge is 2.34. The lowest BCUT2D eigenvalue weighted by atomic mass is 10.1. The molecule has 5 nitrogen and oxygen atoms in total. The molecule has 0 aliphatic heterocycles. The number of rotatable bonds is 4. The van der Waals surface area contributed by atoms with E-state index in [1.165, 1.54) is 0 Å². The van der Waals surface area contributed by atoms with E-state index >= 15 is 0 Å². The van der Waals surface area contributed by atoms with Crippen LogP contribution in [-0.4, -0.2) is 20.4 Å². The fraction of sp³-hybridized carbons (Fsp3) is 0.0952. The summed E-state index contributed by atoms with van der Waals surface area (Å²) in [4.78, 5) is 20.8. The number of alkyl halides is 3. The van der Waals surface area contributed by atoms with Gasteiger partial charge in [-0.2, -0.15) is 13.2 Å². The molecule has 0 saturated carbocycles. The summed E-state index contributed by atoms with van der Waals surface area (Å²) < 4.78 is 53.6. The maximum absolute atomic E-state index is 13.4. The van der Waals surface area contributed by atoms with Gasteiger partial charge < -0.3 is 5.32 Å². The molecular weight excluding hydrogens is 400 g/mol. The minimum Gasteiger partial charge on any atom is -0.326 e. The van der Waals surface area contributed by atoms with Crippen molar-refractivity contribution in [2.75, 3.05) is 5.32 Å². The number of nitrogens with zero attached hydrogens (tertiary/aromatic N) is 3. The molecule has 2 aromatic heterocycles. The molecule has 0 saturated heterocycles. The van der Waals surface area contributed by atoms with Crippen molar-refractivity contribution in [2.24, 2.45) is 0 Å². The molecule has 0 radical (unpaired) electrons. The first-order valence-electron chi connectivity index (χ1n) is 8.85. The highest BCUT2D eigenvalue weighted by Crippen LogP contribution is 2.33. The zero-order chi connectivity index (χ0) is 21.3. The molecule has 1 N–H and O–H groups in total. The summed E-state index contributed by atoms with van der Waals surface area (Å²) >= 11 is 0. The van der Waals surface area contributed by atoms with Gasteiger partial charge in [0.1, 0.15) is 17.7 Å². The Morgan fingerprint density at radius 2 is 1.80 bits per heavy atom. The number of benzene rings is 2. The van der Waals surface area contributed by atoms with Gasteiger partial charge in [-0.15, -0.1) is 0 Å². The van der Waals surface area contributed by atoms with Crippen molar-refractivity contribution in [3.63, 3.8) is 0 Å². The van der Waals surface area contributed by atoms with Gasteiger partial charge in [-0.3, -0.25) is 9.36 Å². The standard InChI is InChI=1S/C21H14F4N4O/c22-17-8-5-14(11-16(17)21(23,24)25)28-19(30)10-13-3-6-15(7-4-13)29-12-27-18-2-1-9-26-20(18)29/h1-9,11-12H,10H2,(H,28,30). The van der Waals surface area contributed by atoms with Crippen LogP contribution in [0.25, 0.3) is 16.9 Å². The number of pyridine rings is 1. The molecule has 0 aliphatic carbocycles. The minimum atomic E-state index is -4.84. The number of halogens is 4. The third kappa shape index (κ3) is 4.00. The smallest absolute Gasteiger partial charge is 0.326 e. The molecule has 4 rings (SSSR count). The molecule has 0 aliphatic rings. The van der Waals surface area contributed by atoms with Crippen molar-refractivity contribution in [3.8, 4) is 5.69 Å². The second kappa shape index (κ2) is 7.58. The Morgan fingerprint density at radius 1 is 1.03 bits per heavy atom. The largest absolute Gasteiger partial charge is 0.419 e. The van der Waals surface area contributed by atoms with Crippen LogP contribution in [0.1, 0.15) is 11.1 Å². The zero-order valence-electron chi connectivity index (χ0n) is 15.3. The number of nitrogens with one attached hydrogen (secondary N) is 1. The van der Waals surface area contributed by atoms with Gasteiger partial charge in [0.25, 0.3) is 0 Å². The topological polar surface area (TPSA) is 59.8 Å². The van der Waals surface area contributed by atoms with Crippen LogP contribution in [0, 0.1) is 5.82 Å². The molecule has 9 heteroatoms. The zero-order valence-corrected chi connectivity index (χ0v) is 15.3. The lowest BCUT2D eigenvalue weighted by Gasteiger charge is -2.11. The first-order chi connectivity index (χ1) is 14.3. The Kier molecular flexibility index (Phi) is 4.94. The second-order valence-corrected chi connectivity index (χ2v) is 6.54. The fourth-order valence-electron chi connectivity index (χ4n) is 3.02. The summed E-state index contributed by atoms with van der Waals surface area (Å²) in [5.41, 5.74) is 1.35. The normalized spacial score (nSPS) is 11.6. The summed E-state index contributed by atoms with van der Waals surface area (Å²) in [5, 5.41) is 2.37. The predicted octanol–water partition coefficient (Wildman–Crippen LogP) is 4.76. The Balaban J connectivity index is 1.47. The van der Waals surface area contributed by atoms with E-state index in [2.05, 4.69) is 15.3 Å². The average molecular weight is 414 g/mol. The van der Waals surface area contributed by atoms with Crippen LogP contribution in [0.15, 0.2) is 67.1 Å². The van der Waals surface area contributed by atoms with Gasteiger partial charge in [0.2, 0.25) is 5.91 Å². The second-order valence-electron chi connectivity index (χ2n) is 6.54. The molecule has 0 atom stereocenters.